The zero-order chi connectivity index (χ0) is 20.7. The minimum absolute atomic E-state index is 0.0486. The van der Waals surface area contributed by atoms with Crippen molar-refractivity contribution in [3.63, 3.8) is 0 Å². The highest BCUT2D eigenvalue weighted by Crippen LogP contribution is 2.13. The van der Waals surface area contributed by atoms with Crippen molar-refractivity contribution in [3.8, 4) is 5.75 Å². The summed E-state index contributed by atoms with van der Waals surface area (Å²) in [6.45, 7) is 6.33. The molecule has 1 aromatic carbocycles. The van der Waals surface area contributed by atoms with Crippen molar-refractivity contribution >= 4 is 21.8 Å². The number of hydrogen-bond donors (Lipinski definition) is 1. The average molecular weight is 412 g/mol. The van der Waals surface area contributed by atoms with Gasteiger partial charge in [0.2, 0.25) is 15.9 Å². The Hall–Kier alpha value is -2.13. The van der Waals surface area contributed by atoms with Gasteiger partial charge in [0.15, 0.2) is 6.61 Å². The molecule has 1 aliphatic rings. The van der Waals surface area contributed by atoms with E-state index in [4.69, 9.17) is 4.74 Å². The molecule has 1 unspecified atom stereocenters. The lowest BCUT2D eigenvalue weighted by Crippen LogP contribution is -2.57. The molecule has 1 aliphatic heterocycles. The molecule has 0 saturated carbocycles. The minimum Gasteiger partial charge on any atom is -0.484 e. The Morgan fingerprint density at radius 1 is 1.11 bits per heavy atom. The number of carbonyl (C=O) groups excluding carboxylic acids is 2. The number of carbonyl (C=O) groups is 2. The number of amides is 2. The molecule has 28 heavy (non-hydrogen) atoms. The van der Waals surface area contributed by atoms with Crippen LogP contribution in [0.15, 0.2) is 30.3 Å². The van der Waals surface area contributed by atoms with Crippen LogP contribution in [0.3, 0.4) is 0 Å². The number of sulfonamides is 1. The molecule has 0 spiro atoms. The van der Waals surface area contributed by atoms with Gasteiger partial charge in [-0.1, -0.05) is 32.0 Å². The lowest BCUT2D eigenvalue weighted by molar-refractivity contribution is -0.139. The number of nitrogens with one attached hydrogen (secondary N) is 1. The highest BCUT2D eigenvalue weighted by molar-refractivity contribution is 7.89. The molecule has 8 nitrogen and oxygen atoms in total. The van der Waals surface area contributed by atoms with Crippen LogP contribution in [0, 0.1) is 5.92 Å². The summed E-state index contributed by atoms with van der Waals surface area (Å²) >= 11 is 0. The monoisotopic (exact) mass is 411 g/mol. The maximum absolute atomic E-state index is 12.9. The van der Waals surface area contributed by atoms with E-state index in [9.17, 15) is 18.0 Å². The van der Waals surface area contributed by atoms with Gasteiger partial charge in [-0.3, -0.25) is 9.59 Å². The summed E-state index contributed by atoms with van der Waals surface area (Å²) < 4.78 is 30.8. The van der Waals surface area contributed by atoms with Gasteiger partial charge in [-0.15, -0.1) is 0 Å². The van der Waals surface area contributed by atoms with E-state index < -0.39 is 16.1 Å². The molecule has 1 fully saturated rings. The Labute approximate surface area is 166 Å². The standard InChI is InChI=1S/C19H29N3O5S/c1-4-28(25,26)22-12-10-21(11-13-22)19(24)18(15(2)3)20-17(23)14-27-16-8-6-5-7-9-16/h5-9,15,18H,4,10-14H2,1-3H3,(H,20,23). The molecule has 2 rings (SSSR count). The number of piperazine rings is 1. The highest BCUT2D eigenvalue weighted by Gasteiger charge is 2.33. The third kappa shape index (κ3) is 5.93. The van der Waals surface area contributed by atoms with Crippen LogP contribution in [0.2, 0.25) is 0 Å². The summed E-state index contributed by atoms with van der Waals surface area (Å²) in [6, 6.07) is 8.30. The van der Waals surface area contributed by atoms with Gasteiger partial charge in [-0.25, -0.2) is 8.42 Å². The summed E-state index contributed by atoms with van der Waals surface area (Å²) in [5, 5.41) is 2.75. The first-order chi connectivity index (χ1) is 13.2. The molecular weight excluding hydrogens is 382 g/mol. The number of benzene rings is 1. The molecule has 2 amide bonds. The number of hydrogen-bond acceptors (Lipinski definition) is 5. The van der Waals surface area contributed by atoms with Crippen molar-refractivity contribution in [1.82, 2.24) is 14.5 Å². The lowest BCUT2D eigenvalue weighted by atomic mass is 10.0. The fraction of sp³-hybridized carbons (Fsp3) is 0.579. The molecule has 1 atom stereocenters. The Kier molecular flexibility index (Phi) is 7.82. The molecule has 0 radical (unpaired) electrons. The van der Waals surface area contributed by atoms with Crippen molar-refractivity contribution in [3.05, 3.63) is 30.3 Å². The topological polar surface area (TPSA) is 96.0 Å². The van der Waals surface area contributed by atoms with E-state index in [1.54, 1.807) is 24.0 Å². The Morgan fingerprint density at radius 2 is 1.71 bits per heavy atom. The molecular formula is C19H29N3O5S. The van der Waals surface area contributed by atoms with Gasteiger partial charge < -0.3 is 15.0 Å². The second kappa shape index (κ2) is 9.88. The Bertz CT molecular complexity index is 759. The van der Waals surface area contributed by atoms with Crippen molar-refractivity contribution in [2.75, 3.05) is 38.5 Å². The van der Waals surface area contributed by atoms with Gasteiger partial charge in [-0.2, -0.15) is 4.31 Å². The molecule has 0 aromatic heterocycles. The smallest absolute Gasteiger partial charge is 0.258 e. The Morgan fingerprint density at radius 3 is 2.25 bits per heavy atom. The normalized spacial score (nSPS) is 16.6. The third-order valence-electron chi connectivity index (χ3n) is 4.67. The second-order valence-corrected chi connectivity index (χ2v) is 9.27. The lowest BCUT2D eigenvalue weighted by Gasteiger charge is -2.36. The summed E-state index contributed by atoms with van der Waals surface area (Å²) in [5.74, 6) is -0.0452. The SMILES string of the molecule is CCS(=O)(=O)N1CCN(C(=O)C(NC(=O)COc2ccccc2)C(C)C)CC1. The molecule has 0 aliphatic carbocycles. The van der Waals surface area contributed by atoms with Crippen molar-refractivity contribution in [2.24, 2.45) is 5.92 Å². The molecule has 0 bridgehead atoms. The number of para-hydroxylation sites is 1. The summed E-state index contributed by atoms with van der Waals surface area (Å²) in [5.41, 5.74) is 0. The van der Waals surface area contributed by atoms with Crippen LogP contribution in [0.25, 0.3) is 0 Å². The van der Waals surface area contributed by atoms with Gasteiger partial charge >= 0.3 is 0 Å². The summed E-state index contributed by atoms with van der Waals surface area (Å²) in [6.07, 6.45) is 0. The van der Waals surface area contributed by atoms with Gasteiger partial charge in [0, 0.05) is 26.2 Å². The minimum atomic E-state index is -3.25. The first kappa shape index (κ1) is 22.2. The summed E-state index contributed by atoms with van der Waals surface area (Å²) in [4.78, 5) is 26.7. The van der Waals surface area contributed by atoms with E-state index in [-0.39, 0.29) is 43.2 Å². The van der Waals surface area contributed by atoms with E-state index in [0.29, 0.717) is 18.8 Å². The van der Waals surface area contributed by atoms with Crippen LogP contribution in [0.4, 0.5) is 0 Å². The maximum Gasteiger partial charge on any atom is 0.258 e. The van der Waals surface area contributed by atoms with Gasteiger partial charge in [0.25, 0.3) is 5.91 Å². The van der Waals surface area contributed by atoms with E-state index in [1.165, 1.54) is 4.31 Å². The molecule has 1 saturated heterocycles. The first-order valence-electron chi connectivity index (χ1n) is 9.48. The van der Waals surface area contributed by atoms with Crippen molar-refractivity contribution < 1.29 is 22.7 Å². The highest BCUT2D eigenvalue weighted by atomic mass is 32.2. The fourth-order valence-corrected chi connectivity index (χ4v) is 4.04. The van der Waals surface area contributed by atoms with Crippen molar-refractivity contribution in [1.29, 1.82) is 0 Å². The molecule has 1 N–H and O–H groups in total. The third-order valence-corrected chi connectivity index (χ3v) is 6.55. The van der Waals surface area contributed by atoms with Gasteiger partial charge in [0.1, 0.15) is 11.8 Å². The number of rotatable bonds is 8. The van der Waals surface area contributed by atoms with Gasteiger partial charge in [0.05, 0.1) is 5.75 Å². The average Bonchev–Trinajstić information content (AvgIpc) is 2.70. The van der Waals surface area contributed by atoms with E-state index in [2.05, 4.69) is 5.32 Å². The molecule has 9 heteroatoms. The van der Waals surface area contributed by atoms with Crippen LogP contribution in [0.1, 0.15) is 20.8 Å². The van der Waals surface area contributed by atoms with Gasteiger partial charge in [-0.05, 0) is 25.0 Å². The molecule has 156 valence electrons. The van der Waals surface area contributed by atoms with E-state index >= 15 is 0 Å². The number of ether oxygens (including phenoxy) is 1. The van der Waals surface area contributed by atoms with Crippen LogP contribution in [-0.2, 0) is 19.6 Å². The van der Waals surface area contributed by atoms with Crippen LogP contribution in [0.5, 0.6) is 5.75 Å². The fourth-order valence-electron chi connectivity index (χ4n) is 2.96. The zero-order valence-corrected chi connectivity index (χ0v) is 17.4. The number of nitrogens with zero attached hydrogens (tertiary/aromatic N) is 2. The first-order valence-corrected chi connectivity index (χ1v) is 11.1. The van der Waals surface area contributed by atoms with Crippen molar-refractivity contribution in [2.45, 2.75) is 26.8 Å². The zero-order valence-electron chi connectivity index (χ0n) is 16.6. The second-order valence-electron chi connectivity index (χ2n) is 7.02. The predicted molar refractivity (Wildman–Crippen MR) is 106 cm³/mol. The molecule has 1 aromatic rings. The van der Waals surface area contributed by atoms with Crippen LogP contribution < -0.4 is 10.1 Å². The quantitative estimate of drug-likeness (QED) is 0.679. The summed E-state index contributed by atoms with van der Waals surface area (Å²) in [7, 11) is -3.25. The largest absolute Gasteiger partial charge is 0.484 e. The molecule has 1 heterocycles. The maximum atomic E-state index is 12.9. The predicted octanol–water partition coefficient (Wildman–Crippen LogP) is 0.700. The van der Waals surface area contributed by atoms with E-state index in [0.717, 1.165) is 0 Å². The van der Waals surface area contributed by atoms with Crippen LogP contribution >= 0.6 is 0 Å². The Balaban J connectivity index is 1.90. The van der Waals surface area contributed by atoms with Crippen LogP contribution in [-0.4, -0.2) is 74.0 Å². The van der Waals surface area contributed by atoms with E-state index in [1.807, 2.05) is 32.0 Å².